The van der Waals surface area contributed by atoms with Gasteiger partial charge in [-0.2, -0.15) is 0 Å². The summed E-state index contributed by atoms with van der Waals surface area (Å²) in [5, 5.41) is 0. The molecular formula is C21H33NO3S. The van der Waals surface area contributed by atoms with Crippen molar-refractivity contribution >= 4 is 18.1 Å². The maximum absolute atomic E-state index is 12.9. The lowest BCUT2D eigenvalue weighted by atomic mass is 9.86. The SMILES string of the molecule is CSOCCCC1CN(C(=O)OC(C)(C)C)C(C)(Cc2ccccc2)C1. The summed E-state index contributed by atoms with van der Waals surface area (Å²) < 4.78 is 11.1. The Morgan fingerprint density at radius 1 is 1.31 bits per heavy atom. The van der Waals surface area contributed by atoms with Gasteiger partial charge in [-0.3, -0.25) is 0 Å². The maximum atomic E-state index is 12.9. The molecule has 146 valence electrons. The smallest absolute Gasteiger partial charge is 0.410 e. The van der Waals surface area contributed by atoms with E-state index in [9.17, 15) is 4.79 Å². The zero-order chi connectivity index (χ0) is 19.2. The molecule has 0 N–H and O–H groups in total. The predicted molar refractivity (Wildman–Crippen MR) is 108 cm³/mol. The third-order valence-electron chi connectivity index (χ3n) is 4.82. The van der Waals surface area contributed by atoms with Crippen molar-refractivity contribution < 1.29 is 13.7 Å². The topological polar surface area (TPSA) is 38.8 Å². The van der Waals surface area contributed by atoms with Crippen molar-refractivity contribution in [2.75, 3.05) is 19.4 Å². The van der Waals surface area contributed by atoms with Gasteiger partial charge in [0.15, 0.2) is 0 Å². The standard InChI is InChI=1S/C21H33NO3S/c1-20(2,3)25-19(23)22-16-18(12-9-13-24-26-5)15-21(22,4)14-17-10-7-6-8-11-17/h6-8,10-11,18H,9,12-16H2,1-5H3. The highest BCUT2D eigenvalue weighted by Gasteiger charge is 2.45. The van der Waals surface area contributed by atoms with Crippen LogP contribution in [0.25, 0.3) is 0 Å². The lowest BCUT2D eigenvalue weighted by Crippen LogP contribution is -2.48. The van der Waals surface area contributed by atoms with E-state index < -0.39 is 5.60 Å². The number of nitrogens with zero attached hydrogens (tertiary/aromatic N) is 1. The molecule has 2 rings (SSSR count). The second-order valence-corrected chi connectivity index (χ2v) is 9.02. The van der Waals surface area contributed by atoms with E-state index in [4.69, 9.17) is 8.92 Å². The van der Waals surface area contributed by atoms with Crippen LogP contribution in [-0.2, 0) is 15.3 Å². The lowest BCUT2D eigenvalue weighted by Gasteiger charge is -2.36. The first kappa shape index (κ1) is 21.1. The van der Waals surface area contributed by atoms with Crippen LogP contribution in [0.3, 0.4) is 0 Å². The van der Waals surface area contributed by atoms with Crippen LogP contribution in [0.2, 0.25) is 0 Å². The Labute approximate surface area is 162 Å². The van der Waals surface area contributed by atoms with E-state index in [0.29, 0.717) is 5.92 Å². The summed E-state index contributed by atoms with van der Waals surface area (Å²) in [4.78, 5) is 14.8. The molecule has 1 aliphatic rings. The molecule has 2 unspecified atom stereocenters. The van der Waals surface area contributed by atoms with Crippen molar-refractivity contribution in [2.24, 2.45) is 5.92 Å². The van der Waals surface area contributed by atoms with Crippen LogP contribution in [0.15, 0.2) is 30.3 Å². The zero-order valence-corrected chi connectivity index (χ0v) is 17.6. The van der Waals surface area contributed by atoms with Crippen molar-refractivity contribution in [1.82, 2.24) is 4.90 Å². The maximum Gasteiger partial charge on any atom is 0.410 e. The minimum atomic E-state index is -0.477. The third kappa shape index (κ3) is 6.20. The molecule has 1 amide bonds. The number of hydrogen-bond donors (Lipinski definition) is 0. The van der Waals surface area contributed by atoms with E-state index in [1.54, 1.807) is 0 Å². The number of carbonyl (C=O) groups is 1. The third-order valence-corrected chi connectivity index (χ3v) is 5.22. The van der Waals surface area contributed by atoms with Crippen molar-refractivity contribution in [3.63, 3.8) is 0 Å². The van der Waals surface area contributed by atoms with Gasteiger partial charge in [0.2, 0.25) is 0 Å². The number of ether oxygens (including phenoxy) is 1. The molecule has 1 aliphatic heterocycles. The fraction of sp³-hybridized carbons (Fsp3) is 0.667. The lowest BCUT2D eigenvalue weighted by molar-refractivity contribution is 0.0105. The number of likely N-dealkylation sites (tertiary alicyclic amines) is 1. The largest absolute Gasteiger partial charge is 0.444 e. The Morgan fingerprint density at radius 3 is 2.62 bits per heavy atom. The van der Waals surface area contributed by atoms with Crippen molar-refractivity contribution in [3.05, 3.63) is 35.9 Å². The van der Waals surface area contributed by atoms with Gasteiger partial charge in [0, 0.05) is 18.3 Å². The van der Waals surface area contributed by atoms with Gasteiger partial charge in [-0.05, 0) is 76.9 Å². The minimum Gasteiger partial charge on any atom is -0.444 e. The molecule has 1 heterocycles. The number of carbonyl (C=O) groups excluding carboxylic acids is 1. The number of benzene rings is 1. The molecule has 0 spiro atoms. The normalized spacial score (nSPS) is 23.3. The van der Waals surface area contributed by atoms with Gasteiger partial charge in [-0.25, -0.2) is 4.79 Å². The number of amides is 1. The van der Waals surface area contributed by atoms with Crippen LogP contribution in [0.5, 0.6) is 0 Å². The average molecular weight is 380 g/mol. The van der Waals surface area contributed by atoms with E-state index >= 15 is 0 Å². The number of rotatable bonds is 7. The molecule has 26 heavy (non-hydrogen) atoms. The van der Waals surface area contributed by atoms with Gasteiger partial charge in [0.1, 0.15) is 5.60 Å². The Bertz CT molecular complexity index is 572. The van der Waals surface area contributed by atoms with Crippen molar-refractivity contribution in [2.45, 2.75) is 64.5 Å². The second kappa shape index (κ2) is 9.14. The monoisotopic (exact) mass is 379 g/mol. The van der Waals surface area contributed by atoms with Crippen molar-refractivity contribution in [3.8, 4) is 0 Å². The van der Waals surface area contributed by atoms with Gasteiger partial charge >= 0.3 is 6.09 Å². The van der Waals surface area contributed by atoms with Gasteiger partial charge in [0.05, 0.1) is 6.61 Å². The highest BCUT2D eigenvalue weighted by Crippen LogP contribution is 2.38. The molecule has 0 aliphatic carbocycles. The first-order chi connectivity index (χ1) is 12.2. The first-order valence-corrected chi connectivity index (χ1v) is 10.6. The molecule has 2 atom stereocenters. The molecule has 4 nitrogen and oxygen atoms in total. The summed E-state index contributed by atoms with van der Waals surface area (Å²) in [6, 6.07) is 10.4. The summed E-state index contributed by atoms with van der Waals surface area (Å²) in [6.45, 7) is 9.49. The molecule has 1 saturated heterocycles. The van der Waals surface area contributed by atoms with Crippen LogP contribution in [0.1, 0.15) is 52.5 Å². The summed E-state index contributed by atoms with van der Waals surface area (Å²) in [5.74, 6) is 0.488. The van der Waals surface area contributed by atoms with Crippen LogP contribution < -0.4 is 0 Å². The van der Waals surface area contributed by atoms with Gasteiger partial charge in [0.25, 0.3) is 0 Å². The van der Waals surface area contributed by atoms with Gasteiger partial charge in [-0.15, -0.1) is 0 Å². The van der Waals surface area contributed by atoms with E-state index in [2.05, 4.69) is 31.2 Å². The quantitative estimate of drug-likeness (QED) is 0.475. The molecule has 0 aromatic heterocycles. The zero-order valence-electron chi connectivity index (χ0n) is 16.8. The summed E-state index contributed by atoms with van der Waals surface area (Å²) >= 11 is 1.41. The van der Waals surface area contributed by atoms with Gasteiger partial charge in [-0.1, -0.05) is 30.3 Å². The first-order valence-electron chi connectivity index (χ1n) is 9.44. The fourth-order valence-electron chi connectivity index (χ4n) is 3.80. The van der Waals surface area contributed by atoms with Crippen LogP contribution in [0, 0.1) is 5.92 Å². The molecule has 1 aromatic rings. The summed E-state index contributed by atoms with van der Waals surface area (Å²) in [6.07, 6.45) is 5.69. The van der Waals surface area contributed by atoms with E-state index in [1.807, 2.05) is 38.0 Å². The van der Waals surface area contributed by atoms with Crippen LogP contribution in [-0.4, -0.2) is 41.5 Å². The molecule has 0 bridgehead atoms. The van der Waals surface area contributed by atoms with Crippen molar-refractivity contribution in [1.29, 1.82) is 0 Å². The Kier molecular flexibility index (Phi) is 7.42. The molecule has 0 radical (unpaired) electrons. The van der Waals surface area contributed by atoms with E-state index in [1.165, 1.54) is 17.6 Å². The average Bonchev–Trinajstić information content (AvgIpc) is 2.87. The Hall–Kier alpha value is -1.20. The van der Waals surface area contributed by atoms with E-state index in [0.717, 1.165) is 38.8 Å². The minimum absolute atomic E-state index is 0.196. The molecule has 1 fully saturated rings. The Balaban J connectivity index is 2.10. The fourth-order valence-corrected chi connectivity index (χ4v) is 4.08. The second-order valence-electron chi connectivity index (χ2n) is 8.45. The highest BCUT2D eigenvalue weighted by atomic mass is 32.2. The molecule has 1 aromatic carbocycles. The molecular weight excluding hydrogens is 346 g/mol. The summed E-state index contributed by atoms with van der Waals surface area (Å²) in [5.41, 5.74) is 0.568. The van der Waals surface area contributed by atoms with Crippen LogP contribution in [0.4, 0.5) is 4.79 Å². The van der Waals surface area contributed by atoms with Gasteiger partial charge < -0.3 is 13.8 Å². The highest BCUT2D eigenvalue weighted by molar-refractivity contribution is 7.93. The summed E-state index contributed by atoms with van der Waals surface area (Å²) in [7, 11) is 0. The number of hydrogen-bond acceptors (Lipinski definition) is 4. The Morgan fingerprint density at radius 2 is 2.00 bits per heavy atom. The van der Waals surface area contributed by atoms with E-state index in [-0.39, 0.29) is 11.6 Å². The van der Waals surface area contributed by atoms with Crippen LogP contribution >= 0.6 is 12.0 Å². The molecule has 0 saturated carbocycles. The molecule has 5 heteroatoms. The predicted octanol–water partition coefficient (Wildman–Crippen LogP) is 5.32.